The Morgan fingerprint density at radius 2 is 1.25 bits per heavy atom. The average molecular weight is 493 g/mol. The van der Waals surface area contributed by atoms with Crippen LogP contribution < -0.4 is 0 Å². The Morgan fingerprint density at radius 1 is 0.750 bits per heavy atom. The van der Waals surface area contributed by atoms with Gasteiger partial charge in [0.15, 0.2) is 18.5 Å². The van der Waals surface area contributed by atoms with E-state index < -0.39 is 42.6 Å². The third-order valence-electron chi connectivity index (χ3n) is 5.77. The van der Waals surface area contributed by atoms with Crippen molar-refractivity contribution in [3.63, 3.8) is 0 Å². The molecule has 4 rings (SSSR count). The van der Waals surface area contributed by atoms with Crippen molar-refractivity contribution in [2.24, 2.45) is 0 Å². The van der Waals surface area contributed by atoms with Gasteiger partial charge in [0, 0.05) is 0 Å². The Labute approximate surface area is 209 Å². The maximum atomic E-state index is 12.9. The molecule has 0 radical (unpaired) electrons. The summed E-state index contributed by atoms with van der Waals surface area (Å²) in [5.74, 6) is -1.41. The van der Waals surface area contributed by atoms with E-state index in [1.54, 1.807) is 30.3 Å². The summed E-state index contributed by atoms with van der Waals surface area (Å²) >= 11 is 0. The third-order valence-corrected chi connectivity index (χ3v) is 5.77. The Hall–Kier alpha value is -3.56. The van der Waals surface area contributed by atoms with Crippen LogP contribution in [0.1, 0.15) is 21.5 Å². The lowest BCUT2D eigenvalue weighted by Crippen LogP contribution is -2.62. The number of methoxy groups -OCH3 is 1. The van der Waals surface area contributed by atoms with Gasteiger partial charge in [0.2, 0.25) is 0 Å². The van der Waals surface area contributed by atoms with E-state index >= 15 is 0 Å². The summed E-state index contributed by atoms with van der Waals surface area (Å²) in [5.41, 5.74) is 2.00. The van der Waals surface area contributed by atoms with Gasteiger partial charge >= 0.3 is 11.9 Å². The van der Waals surface area contributed by atoms with Gasteiger partial charge in [-0.25, -0.2) is 9.59 Å². The first kappa shape index (κ1) is 25.5. The molecule has 3 aromatic carbocycles. The highest BCUT2D eigenvalue weighted by molar-refractivity contribution is 5.89. The lowest BCUT2D eigenvalue weighted by Gasteiger charge is -2.42. The van der Waals surface area contributed by atoms with Gasteiger partial charge in [-0.05, 0) is 23.3 Å². The molecule has 0 bridgehead atoms. The van der Waals surface area contributed by atoms with Crippen molar-refractivity contribution in [2.75, 3.05) is 7.11 Å². The van der Waals surface area contributed by atoms with Crippen LogP contribution in [0.15, 0.2) is 91.0 Å². The molecule has 188 valence electrons. The zero-order valence-electron chi connectivity index (χ0n) is 19.8. The van der Waals surface area contributed by atoms with Gasteiger partial charge in [-0.2, -0.15) is 0 Å². The zero-order valence-corrected chi connectivity index (χ0v) is 19.8. The van der Waals surface area contributed by atoms with Gasteiger partial charge < -0.3 is 28.8 Å². The van der Waals surface area contributed by atoms with E-state index in [1.807, 2.05) is 60.7 Å². The summed E-state index contributed by atoms with van der Waals surface area (Å²) in [6, 6.07) is 27.1. The summed E-state index contributed by atoms with van der Waals surface area (Å²) in [4.78, 5) is 25.5. The van der Waals surface area contributed by atoms with Crippen molar-refractivity contribution >= 4 is 11.9 Å². The Balaban J connectivity index is 1.62. The van der Waals surface area contributed by atoms with Crippen molar-refractivity contribution in [3.05, 3.63) is 108 Å². The van der Waals surface area contributed by atoms with Crippen molar-refractivity contribution < 1.29 is 38.4 Å². The maximum Gasteiger partial charge on any atom is 0.338 e. The lowest BCUT2D eigenvalue weighted by molar-refractivity contribution is -0.297. The van der Waals surface area contributed by atoms with E-state index in [9.17, 15) is 14.7 Å². The van der Waals surface area contributed by atoms with E-state index in [2.05, 4.69) is 0 Å². The summed E-state index contributed by atoms with van der Waals surface area (Å²) in [6.45, 7) is 0.250. The lowest BCUT2D eigenvalue weighted by atomic mass is 9.97. The van der Waals surface area contributed by atoms with Gasteiger partial charge in [-0.1, -0.05) is 78.9 Å². The molecule has 0 aromatic heterocycles. The Morgan fingerprint density at radius 3 is 1.78 bits per heavy atom. The molecular formula is C28H28O8. The quantitative estimate of drug-likeness (QED) is 0.455. The molecule has 8 heteroatoms. The van der Waals surface area contributed by atoms with Crippen LogP contribution in [0.4, 0.5) is 0 Å². The summed E-state index contributed by atoms with van der Waals surface area (Å²) in [7, 11) is 1.22. The molecule has 1 saturated heterocycles. The summed E-state index contributed by atoms with van der Waals surface area (Å²) in [6.07, 6.45) is -6.32. The highest BCUT2D eigenvalue weighted by atomic mass is 16.7. The summed E-state index contributed by atoms with van der Waals surface area (Å²) < 4.78 is 28.4. The molecule has 1 fully saturated rings. The molecule has 0 saturated carbocycles. The molecule has 1 N–H and O–H groups in total. The van der Waals surface area contributed by atoms with E-state index in [0.717, 1.165) is 11.1 Å². The highest BCUT2D eigenvalue weighted by Crippen LogP contribution is 2.30. The molecule has 0 amide bonds. The third kappa shape index (κ3) is 6.35. The van der Waals surface area contributed by atoms with Gasteiger partial charge in [-0.15, -0.1) is 0 Å². The van der Waals surface area contributed by atoms with E-state index in [-0.39, 0.29) is 13.2 Å². The minimum Gasteiger partial charge on any atom is -0.467 e. The SMILES string of the molecule is COC(=O)[C@@H]1O[C@H](O)[C@H](OC(=O)c2ccccc2)[C@@H](OCc2ccccc2)[C@@H]1OCc1ccccc1. The van der Waals surface area contributed by atoms with Crippen molar-refractivity contribution in [3.8, 4) is 0 Å². The van der Waals surface area contributed by atoms with E-state index in [4.69, 9.17) is 23.7 Å². The zero-order chi connectivity index (χ0) is 25.3. The Bertz CT molecular complexity index is 1110. The van der Waals surface area contributed by atoms with Crippen LogP contribution >= 0.6 is 0 Å². The first-order chi connectivity index (χ1) is 17.6. The largest absolute Gasteiger partial charge is 0.467 e. The number of esters is 2. The van der Waals surface area contributed by atoms with Gasteiger partial charge in [0.05, 0.1) is 25.9 Å². The van der Waals surface area contributed by atoms with Crippen LogP contribution in [0, 0.1) is 0 Å². The molecule has 0 spiro atoms. The van der Waals surface area contributed by atoms with Crippen molar-refractivity contribution in [1.82, 2.24) is 0 Å². The van der Waals surface area contributed by atoms with E-state index in [0.29, 0.717) is 5.56 Å². The molecule has 5 atom stereocenters. The number of benzene rings is 3. The van der Waals surface area contributed by atoms with Crippen LogP contribution in [0.5, 0.6) is 0 Å². The standard InChI is InChI=1S/C28H28O8/c1-32-27(30)24-22(33-17-19-11-5-2-6-12-19)23(34-18-20-13-7-3-8-14-20)25(28(31)36-24)35-26(29)21-15-9-4-10-16-21/h2-16,22-25,28,31H,17-18H2,1H3/t22-,23-,24+,25+,28-/m0/s1. The van der Waals surface area contributed by atoms with Crippen LogP contribution in [-0.2, 0) is 41.7 Å². The normalized spacial score (nSPS) is 23.6. The minimum atomic E-state index is -1.65. The molecule has 1 aliphatic rings. The summed E-state index contributed by atoms with van der Waals surface area (Å²) in [5, 5.41) is 10.8. The number of ether oxygens (including phenoxy) is 5. The number of carbonyl (C=O) groups excluding carboxylic acids is 2. The fourth-order valence-electron chi connectivity index (χ4n) is 3.93. The fraction of sp³-hybridized carbons (Fsp3) is 0.286. The number of aliphatic hydroxyl groups is 1. The number of carbonyl (C=O) groups is 2. The topological polar surface area (TPSA) is 101 Å². The van der Waals surface area contributed by atoms with Gasteiger partial charge in [0.25, 0.3) is 0 Å². The first-order valence-electron chi connectivity index (χ1n) is 11.5. The molecule has 3 aromatic rings. The monoisotopic (exact) mass is 492 g/mol. The van der Waals surface area contributed by atoms with Crippen LogP contribution in [0.25, 0.3) is 0 Å². The maximum absolute atomic E-state index is 12.9. The molecule has 36 heavy (non-hydrogen) atoms. The fourth-order valence-corrected chi connectivity index (χ4v) is 3.93. The van der Waals surface area contributed by atoms with E-state index in [1.165, 1.54) is 7.11 Å². The van der Waals surface area contributed by atoms with Gasteiger partial charge in [-0.3, -0.25) is 0 Å². The molecule has 1 aliphatic heterocycles. The van der Waals surface area contributed by atoms with Crippen LogP contribution in [-0.4, -0.2) is 54.9 Å². The minimum absolute atomic E-state index is 0.122. The van der Waals surface area contributed by atoms with Crippen LogP contribution in [0.2, 0.25) is 0 Å². The van der Waals surface area contributed by atoms with Gasteiger partial charge in [0.1, 0.15) is 12.2 Å². The number of aliphatic hydroxyl groups excluding tert-OH is 1. The predicted octanol–water partition coefficient (Wildman–Crippen LogP) is 3.27. The number of rotatable bonds is 9. The molecule has 0 unspecified atom stereocenters. The predicted molar refractivity (Wildman–Crippen MR) is 129 cm³/mol. The molecule has 0 aliphatic carbocycles. The second kappa shape index (κ2) is 12.4. The number of hydrogen-bond acceptors (Lipinski definition) is 8. The van der Waals surface area contributed by atoms with Crippen LogP contribution in [0.3, 0.4) is 0 Å². The molecular weight excluding hydrogens is 464 g/mol. The Kier molecular flexibility index (Phi) is 8.80. The smallest absolute Gasteiger partial charge is 0.338 e. The second-order valence-corrected chi connectivity index (χ2v) is 8.23. The van der Waals surface area contributed by atoms with Crippen molar-refractivity contribution in [1.29, 1.82) is 0 Å². The molecule has 1 heterocycles. The second-order valence-electron chi connectivity index (χ2n) is 8.23. The van der Waals surface area contributed by atoms with Crippen molar-refractivity contribution in [2.45, 2.75) is 43.9 Å². The first-order valence-corrected chi connectivity index (χ1v) is 11.5. The number of hydrogen-bond donors (Lipinski definition) is 1. The average Bonchev–Trinajstić information content (AvgIpc) is 2.93. The highest BCUT2D eigenvalue weighted by Gasteiger charge is 2.52. The molecule has 8 nitrogen and oxygen atoms in total.